The van der Waals surface area contributed by atoms with Crippen molar-refractivity contribution >= 4 is 110 Å². The molecule has 0 aliphatic carbocycles. The largest absolute Gasteiger partial charge is 0.338 e. The van der Waals surface area contributed by atoms with E-state index in [1.165, 1.54) is 0 Å². The summed E-state index contributed by atoms with van der Waals surface area (Å²) in [7, 11) is -33.8. The van der Waals surface area contributed by atoms with Crippen LogP contribution in [0.3, 0.4) is 0 Å². The molecule has 4 rings (SSSR count). The fourth-order valence-electron chi connectivity index (χ4n) is 2.01. The standard InChI is InChI=1S/C3H5ClO6S2.C3H5FO6S2.C3H5FO5S2.C2H3ClO6S2/c1-2-9-11(5,6)3(4)12(7,8)10-2;1-2-11(5,6)9-3(4)10-12(2,7)8;1-10(5)3(4)11(6,7)9-2-8-10;3-2-10(4,5)8-1-9-11(2,6)7/h2*2-3H,1H3;3H,1-2H2;2H,1H2. The third-order valence-electron chi connectivity index (χ3n) is 4.07. The van der Waals surface area contributed by atoms with Gasteiger partial charge < -0.3 is 0 Å². The van der Waals surface area contributed by atoms with Gasteiger partial charge in [0.15, 0.2) is 19.9 Å². The molecule has 4 heterocycles. The van der Waals surface area contributed by atoms with Crippen LogP contribution in [0.5, 0.6) is 0 Å². The normalized spacial score (nSPS) is 38.0. The number of alkyl halides is 4. The van der Waals surface area contributed by atoms with Crippen molar-refractivity contribution in [3.05, 3.63) is 0 Å². The number of halogens is 4. The number of hydrogen-bond donors (Lipinski definition) is 0. The molecular formula is C11H18Cl2F2O23S8. The van der Waals surface area contributed by atoms with E-state index in [0.717, 1.165) is 13.8 Å². The van der Waals surface area contributed by atoms with Crippen LogP contribution in [0.2, 0.25) is 0 Å². The third kappa shape index (κ3) is 11.4. The summed E-state index contributed by atoms with van der Waals surface area (Å²) in [5.74, 6) is 2.78. The zero-order chi connectivity index (χ0) is 36.5. The zero-order valence-electron chi connectivity index (χ0n) is 21.8. The minimum absolute atomic E-state index is 0.745. The van der Waals surface area contributed by atoms with Gasteiger partial charge in [0, 0.05) is 0 Å². The summed E-state index contributed by atoms with van der Waals surface area (Å²) in [6, 6.07) is 0. The monoisotopic (exact) mass is 882 g/mol. The number of rotatable bonds is 0. The summed E-state index contributed by atoms with van der Waals surface area (Å²) < 4.78 is 210. The van der Waals surface area contributed by atoms with E-state index in [-0.39, 0.29) is 0 Å². The second-order valence-corrected chi connectivity index (χ2v) is 24.6. The van der Waals surface area contributed by atoms with E-state index in [0.29, 0.717) is 0 Å². The smallest absolute Gasteiger partial charge is 0.265 e. The molecule has 0 aromatic heterocycles. The van der Waals surface area contributed by atoms with Crippen molar-refractivity contribution < 1.29 is 105 Å². The van der Waals surface area contributed by atoms with Crippen LogP contribution in [0, 0.1) is 0 Å². The second kappa shape index (κ2) is 15.0. The van der Waals surface area contributed by atoms with Crippen molar-refractivity contribution in [3.63, 3.8) is 0 Å². The lowest BCUT2D eigenvalue weighted by Gasteiger charge is -2.22. The molecule has 4 saturated heterocycles. The maximum Gasteiger partial charge on any atom is 0.338 e. The van der Waals surface area contributed by atoms with Crippen LogP contribution in [0.4, 0.5) is 8.78 Å². The number of hydrogen-bond acceptors (Lipinski definition) is 23. The van der Waals surface area contributed by atoms with Gasteiger partial charge in [0.1, 0.15) is 9.80 Å². The molecule has 0 aromatic carbocycles. The van der Waals surface area contributed by atoms with Gasteiger partial charge >= 0.3 is 62.0 Å². The Kier molecular flexibility index (Phi) is 14.2. The van der Waals surface area contributed by atoms with Gasteiger partial charge in [-0.05, 0) is 19.7 Å². The first-order valence-corrected chi connectivity index (χ1v) is 23.0. The van der Waals surface area contributed by atoms with Crippen LogP contribution in [0.15, 0.2) is 0 Å². The van der Waals surface area contributed by atoms with Gasteiger partial charge in [0.05, 0.1) is 0 Å². The van der Waals surface area contributed by atoms with Gasteiger partial charge in [-0.1, -0.05) is 23.2 Å². The summed E-state index contributed by atoms with van der Waals surface area (Å²) >= 11 is 10.0. The fraction of sp³-hybridized carbons (Fsp3) is 0.909. The zero-order valence-corrected chi connectivity index (χ0v) is 29.8. The predicted octanol–water partition coefficient (Wildman–Crippen LogP) is -2.77. The van der Waals surface area contributed by atoms with Crippen LogP contribution in [0.1, 0.15) is 13.8 Å². The molecule has 0 saturated carbocycles. The lowest BCUT2D eigenvalue weighted by atomic mass is 10.8. The Hall–Kier alpha value is -0.210. The summed E-state index contributed by atoms with van der Waals surface area (Å²) in [6.07, 6.45) is -1.35. The van der Waals surface area contributed by atoms with E-state index in [2.05, 4.69) is 39.3 Å². The van der Waals surface area contributed by atoms with Crippen molar-refractivity contribution in [3.8, 4) is 0 Å². The van der Waals surface area contributed by atoms with E-state index in [9.17, 15) is 71.9 Å². The molecule has 4 aliphatic heterocycles. The third-order valence-corrected chi connectivity index (χ3v) is 20.7. The fourth-order valence-corrected chi connectivity index (χ4v) is 11.9. The molecule has 46 heavy (non-hydrogen) atoms. The van der Waals surface area contributed by atoms with Gasteiger partial charge in [-0.3, -0.25) is 4.18 Å². The average Bonchev–Trinajstić information content (AvgIpc) is 2.83. The van der Waals surface area contributed by atoms with Crippen molar-refractivity contribution in [2.45, 2.75) is 44.2 Å². The molecule has 0 aromatic rings. The highest BCUT2D eigenvalue weighted by Gasteiger charge is 2.46. The Morgan fingerprint density at radius 3 is 1.17 bits per heavy atom. The molecule has 0 bridgehead atoms. The molecule has 0 amide bonds. The Morgan fingerprint density at radius 2 is 0.848 bits per heavy atom. The molecule has 2 atom stereocenters. The summed E-state index contributed by atoms with van der Waals surface area (Å²) in [6.45, 7) is -2.39. The van der Waals surface area contributed by atoms with E-state index >= 15 is 0 Å². The van der Waals surface area contributed by atoms with E-state index in [1.54, 1.807) is 0 Å². The van der Waals surface area contributed by atoms with E-state index < -0.39 is 125 Å². The summed E-state index contributed by atoms with van der Waals surface area (Å²) in [5, 5.41) is 0. The molecule has 35 heteroatoms. The van der Waals surface area contributed by atoms with E-state index in [1.807, 2.05) is 0 Å². The van der Waals surface area contributed by atoms with Crippen LogP contribution in [-0.2, 0) is 114 Å². The SMILES string of the molecule is C=S1(=O)OCOS(=O)(=O)C1F.CC1OS(=O)(=O)C(Cl)S(=O)(=O)O1.CC1S(=O)(=O)OC(F)OS1(=O)=O.O=S1(=O)OCOS(=O)(=O)C1Cl. The molecule has 4 fully saturated rings. The first-order chi connectivity index (χ1) is 20.2. The minimum Gasteiger partial charge on any atom is -0.265 e. The Morgan fingerprint density at radius 1 is 0.522 bits per heavy atom. The van der Waals surface area contributed by atoms with Crippen LogP contribution in [-0.4, -0.2) is 113 Å². The lowest BCUT2D eigenvalue weighted by molar-refractivity contribution is -0.0955. The summed E-state index contributed by atoms with van der Waals surface area (Å²) in [4.78, 5) is -2.69. The second-order valence-electron chi connectivity index (χ2n) is 7.44. The van der Waals surface area contributed by atoms with Gasteiger partial charge in [-0.15, -0.1) is 0 Å². The van der Waals surface area contributed by atoms with E-state index in [4.69, 9.17) is 23.2 Å². The molecule has 0 N–H and O–H groups in total. The predicted molar refractivity (Wildman–Crippen MR) is 144 cm³/mol. The highest BCUT2D eigenvalue weighted by molar-refractivity contribution is 8.09. The Balaban J connectivity index is 0.000000307. The quantitative estimate of drug-likeness (QED) is 0.135. The van der Waals surface area contributed by atoms with Gasteiger partial charge in [-0.2, -0.15) is 63.3 Å². The molecule has 276 valence electrons. The Bertz CT molecular complexity index is 1720. The summed E-state index contributed by atoms with van der Waals surface area (Å²) in [5.41, 5.74) is 0. The lowest BCUT2D eigenvalue weighted by Crippen LogP contribution is -2.40. The maximum atomic E-state index is 12.6. The molecule has 0 spiro atoms. The average molecular weight is 884 g/mol. The van der Waals surface area contributed by atoms with Crippen LogP contribution in [0.25, 0.3) is 0 Å². The molecule has 2 unspecified atom stereocenters. The molecular weight excluding hydrogens is 866 g/mol. The molecule has 4 aliphatic rings. The molecule has 23 nitrogen and oxygen atoms in total. The van der Waals surface area contributed by atoms with Crippen molar-refractivity contribution in [1.29, 1.82) is 0 Å². The highest BCUT2D eigenvalue weighted by atomic mass is 35.5. The first-order valence-electron chi connectivity index (χ1n) is 10.1. The van der Waals surface area contributed by atoms with Gasteiger partial charge in [0.25, 0.3) is 28.3 Å². The first kappa shape index (κ1) is 43.8. The van der Waals surface area contributed by atoms with Gasteiger partial charge in [-0.25, -0.2) is 37.9 Å². The van der Waals surface area contributed by atoms with Crippen molar-refractivity contribution in [2.75, 3.05) is 13.6 Å². The van der Waals surface area contributed by atoms with Crippen molar-refractivity contribution in [1.82, 2.24) is 0 Å². The van der Waals surface area contributed by atoms with Crippen LogP contribution >= 0.6 is 23.2 Å². The van der Waals surface area contributed by atoms with Crippen LogP contribution < -0.4 is 0 Å². The maximum absolute atomic E-state index is 12.6. The van der Waals surface area contributed by atoms with Gasteiger partial charge in [0.2, 0.25) is 4.58 Å². The molecule has 0 radical (unpaired) electrons. The Labute approximate surface area is 271 Å². The van der Waals surface area contributed by atoms with Crippen molar-refractivity contribution in [2.24, 2.45) is 0 Å². The minimum atomic E-state index is -4.41. The highest BCUT2D eigenvalue weighted by Crippen LogP contribution is 2.27. The topological polar surface area (TPSA) is 330 Å².